The van der Waals surface area contributed by atoms with Gasteiger partial charge in [0.05, 0.1) is 0 Å². The molecule has 1 rings (SSSR count). The average molecular weight is 267 g/mol. The number of carbonyl (C=O) groups is 1. The molecule has 1 N–H and O–H groups in total. The minimum absolute atomic E-state index is 0.0559. The third-order valence-electron chi connectivity index (χ3n) is 2.32. The third-order valence-corrected chi connectivity index (χ3v) is 4.03. The Morgan fingerprint density at radius 3 is 2.78 bits per heavy atom. The Balaban J connectivity index is 2.57. The Morgan fingerprint density at radius 2 is 2.28 bits per heavy atom. The summed E-state index contributed by atoms with van der Waals surface area (Å²) in [7, 11) is -1.14. The largest absolute Gasteiger partial charge is 0.476 e. The molecule has 1 aromatic rings. The zero-order chi connectivity index (χ0) is 13.8. The van der Waals surface area contributed by atoms with Crippen molar-refractivity contribution in [2.24, 2.45) is 0 Å². The number of aromatic nitrogens is 2. The zero-order valence-electron chi connectivity index (χ0n) is 10.8. The van der Waals surface area contributed by atoms with E-state index < -0.39 is 14.0 Å². The van der Waals surface area contributed by atoms with Crippen LogP contribution in [0.15, 0.2) is 6.20 Å². The molecule has 0 atom stereocenters. The fourth-order valence-corrected chi connectivity index (χ4v) is 2.00. The predicted molar refractivity (Wildman–Crippen MR) is 68.0 cm³/mol. The van der Waals surface area contributed by atoms with Crippen LogP contribution < -0.4 is 0 Å². The van der Waals surface area contributed by atoms with Gasteiger partial charge in [0.2, 0.25) is 5.82 Å². The molecule has 0 aliphatic rings. The smallest absolute Gasteiger partial charge is 0.356 e. The van der Waals surface area contributed by atoms with Crippen LogP contribution in [0, 0.1) is 11.3 Å². The first kappa shape index (κ1) is 14.4. The number of aromatic carboxylic acids is 1. The lowest BCUT2D eigenvalue weighted by molar-refractivity contribution is 0.0689. The van der Waals surface area contributed by atoms with Gasteiger partial charge in [0.15, 0.2) is 5.69 Å². The second-order valence-electron chi connectivity index (χ2n) is 5.18. The molecule has 6 nitrogen and oxygen atoms in total. The molecule has 7 heteroatoms. The molecule has 0 saturated heterocycles. The van der Waals surface area contributed by atoms with Crippen molar-refractivity contribution in [1.82, 2.24) is 9.55 Å². The van der Waals surface area contributed by atoms with Crippen LogP contribution in [-0.4, -0.2) is 35.3 Å². The quantitative estimate of drug-likeness (QED) is 0.626. The zero-order valence-corrected chi connectivity index (χ0v) is 11.8. The van der Waals surface area contributed by atoms with Crippen molar-refractivity contribution in [1.29, 1.82) is 5.26 Å². The van der Waals surface area contributed by atoms with Gasteiger partial charge in [-0.2, -0.15) is 5.26 Å². The first-order valence-electron chi connectivity index (χ1n) is 5.62. The second kappa shape index (κ2) is 5.80. The summed E-state index contributed by atoms with van der Waals surface area (Å²) in [5, 5.41) is 17.6. The van der Waals surface area contributed by atoms with Crippen LogP contribution in [0.5, 0.6) is 0 Å². The summed E-state index contributed by atoms with van der Waals surface area (Å²) in [6.45, 7) is 7.51. The van der Waals surface area contributed by atoms with E-state index >= 15 is 0 Å². The number of nitrogens with zero attached hydrogens (tertiary/aromatic N) is 3. The molecular weight excluding hydrogens is 250 g/mol. The fraction of sp³-hybridized carbons (Fsp3) is 0.545. The minimum atomic E-state index is -1.15. The number of nitriles is 1. The number of carboxylic acids is 1. The van der Waals surface area contributed by atoms with Gasteiger partial charge in [0.25, 0.3) is 0 Å². The van der Waals surface area contributed by atoms with Gasteiger partial charge in [0.1, 0.15) is 12.8 Å². The van der Waals surface area contributed by atoms with Crippen molar-refractivity contribution in [3.63, 3.8) is 0 Å². The highest BCUT2D eigenvalue weighted by molar-refractivity contribution is 6.76. The normalized spacial score (nSPS) is 11.2. The first-order chi connectivity index (χ1) is 8.33. The number of hydrogen-bond donors (Lipinski definition) is 1. The van der Waals surface area contributed by atoms with Gasteiger partial charge < -0.3 is 9.84 Å². The van der Waals surface area contributed by atoms with E-state index in [2.05, 4.69) is 24.6 Å². The molecule has 0 radical (unpaired) electrons. The van der Waals surface area contributed by atoms with E-state index in [-0.39, 0.29) is 18.2 Å². The molecule has 0 spiro atoms. The van der Waals surface area contributed by atoms with Gasteiger partial charge in [-0.1, -0.05) is 19.6 Å². The SMILES string of the molecule is C[Si](C)(C)CCOCn1cc(C(=O)O)nc1C#N. The number of hydrogen-bond acceptors (Lipinski definition) is 4. The predicted octanol–water partition coefficient (Wildman–Crippen LogP) is 1.77. The van der Waals surface area contributed by atoms with Crippen LogP contribution in [0.3, 0.4) is 0 Å². The Morgan fingerprint density at radius 1 is 1.61 bits per heavy atom. The molecule has 0 amide bonds. The Kier molecular flexibility index (Phi) is 4.64. The topological polar surface area (TPSA) is 88.1 Å². The molecule has 0 unspecified atom stereocenters. The first-order valence-corrected chi connectivity index (χ1v) is 9.32. The maximum Gasteiger partial charge on any atom is 0.356 e. The standard InChI is InChI=1S/C11H17N3O3Si/c1-18(2,3)5-4-17-8-14-7-9(11(15)16)13-10(14)6-12/h7H,4-5,8H2,1-3H3,(H,15,16). The molecule has 0 aliphatic carbocycles. The van der Waals surface area contributed by atoms with Crippen molar-refractivity contribution >= 4 is 14.0 Å². The summed E-state index contributed by atoms with van der Waals surface area (Å²) in [6, 6.07) is 2.87. The number of imidazole rings is 1. The summed E-state index contributed by atoms with van der Waals surface area (Å²) < 4.78 is 6.86. The molecule has 0 aromatic carbocycles. The number of ether oxygens (including phenoxy) is 1. The fourth-order valence-electron chi connectivity index (χ4n) is 1.25. The number of rotatable bonds is 6. The van der Waals surface area contributed by atoms with E-state index in [1.807, 2.05) is 6.07 Å². The van der Waals surface area contributed by atoms with Crippen molar-refractivity contribution in [3.8, 4) is 6.07 Å². The van der Waals surface area contributed by atoms with Crippen LogP contribution in [0.4, 0.5) is 0 Å². The van der Waals surface area contributed by atoms with E-state index in [0.29, 0.717) is 6.61 Å². The summed E-state index contributed by atoms with van der Waals surface area (Å²) in [5.41, 5.74) is -0.139. The molecular formula is C11H17N3O3Si. The van der Waals surface area contributed by atoms with Crippen molar-refractivity contribution in [2.45, 2.75) is 32.4 Å². The van der Waals surface area contributed by atoms with Crippen molar-refractivity contribution < 1.29 is 14.6 Å². The molecule has 98 valence electrons. The molecule has 0 saturated carbocycles. The van der Waals surface area contributed by atoms with Crippen LogP contribution in [0.1, 0.15) is 16.3 Å². The van der Waals surface area contributed by atoms with Gasteiger partial charge in [-0.3, -0.25) is 4.57 Å². The summed E-state index contributed by atoms with van der Waals surface area (Å²) >= 11 is 0. The lowest BCUT2D eigenvalue weighted by Gasteiger charge is -2.15. The molecule has 0 fully saturated rings. The van der Waals surface area contributed by atoms with Gasteiger partial charge in [0, 0.05) is 20.9 Å². The Hall–Kier alpha value is -1.65. The van der Waals surface area contributed by atoms with Gasteiger partial charge in [-0.15, -0.1) is 0 Å². The maximum atomic E-state index is 10.7. The molecule has 18 heavy (non-hydrogen) atoms. The number of carboxylic acid groups (broad SMARTS) is 1. The summed E-state index contributed by atoms with van der Waals surface area (Å²) in [6.07, 6.45) is 1.31. The monoisotopic (exact) mass is 267 g/mol. The maximum absolute atomic E-state index is 10.7. The van der Waals surface area contributed by atoms with Crippen molar-refractivity contribution in [3.05, 3.63) is 17.7 Å². The van der Waals surface area contributed by atoms with Gasteiger partial charge >= 0.3 is 5.97 Å². The van der Waals surface area contributed by atoms with E-state index in [9.17, 15) is 4.79 Å². The Bertz CT molecular complexity index is 471. The second-order valence-corrected chi connectivity index (χ2v) is 10.8. The highest BCUT2D eigenvalue weighted by Crippen LogP contribution is 2.09. The minimum Gasteiger partial charge on any atom is -0.476 e. The average Bonchev–Trinajstić information content (AvgIpc) is 2.66. The molecule has 0 aliphatic heterocycles. The van der Waals surface area contributed by atoms with Crippen LogP contribution >= 0.6 is 0 Å². The summed E-state index contributed by atoms with van der Waals surface area (Å²) in [4.78, 5) is 14.4. The van der Waals surface area contributed by atoms with Crippen LogP contribution in [0.25, 0.3) is 0 Å². The lowest BCUT2D eigenvalue weighted by Crippen LogP contribution is -2.22. The Labute approximate surface area is 107 Å². The molecule has 1 aromatic heterocycles. The van der Waals surface area contributed by atoms with E-state index in [4.69, 9.17) is 15.1 Å². The summed E-state index contributed by atoms with van der Waals surface area (Å²) in [5.74, 6) is -1.09. The van der Waals surface area contributed by atoms with Gasteiger partial charge in [-0.25, -0.2) is 9.78 Å². The van der Waals surface area contributed by atoms with Crippen LogP contribution in [0.2, 0.25) is 25.7 Å². The van der Waals surface area contributed by atoms with E-state index in [1.165, 1.54) is 10.8 Å². The highest BCUT2D eigenvalue weighted by atomic mass is 28.3. The van der Waals surface area contributed by atoms with Crippen LogP contribution in [-0.2, 0) is 11.5 Å². The molecule has 1 heterocycles. The van der Waals surface area contributed by atoms with E-state index in [1.54, 1.807) is 0 Å². The van der Waals surface area contributed by atoms with Gasteiger partial charge in [-0.05, 0) is 6.04 Å². The van der Waals surface area contributed by atoms with Crippen molar-refractivity contribution in [2.75, 3.05) is 6.61 Å². The molecule has 0 bridgehead atoms. The highest BCUT2D eigenvalue weighted by Gasteiger charge is 2.14. The van der Waals surface area contributed by atoms with E-state index in [0.717, 1.165) is 6.04 Å². The lowest BCUT2D eigenvalue weighted by atomic mass is 10.5. The third kappa shape index (κ3) is 4.31.